The third kappa shape index (κ3) is 2.98. The topological polar surface area (TPSA) is 0 Å². The van der Waals surface area contributed by atoms with E-state index in [2.05, 4.69) is 44.4 Å². The fraction of sp³-hybridized carbons (Fsp3) is 0.600. The van der Waals surface area contributed by atoms with E-state index in [-0.39, 0.29) is 0 Å². The molecule has 1 aliphatic carbocycles. The summed E-state index contributed by atoms with van der Waals surface area (Å²) < 4.78 is 0. The smallest absolute Gasteiger partial charge is 0.0302 e. The predicted octanol–water partition coefficient (Wildman–Crippen LogP) is 5.37. The molecule has 88 valence electrons. The fourth-order valence-corrected chi connectivity index (χ4v) is 3.19. The maximum absolute atomic E-state index is 2.54. The van der Waals surface area contributed by atoms with Gasteiger partial charge in [-0.05, 0) is 47.6 Å². The van der Waals surface area contributed by atoms with Crippen molar-refractivity contribution in [3.63, 3.8) is 0 Å². The lowest BCUT2D eigenvalue weighted by atomic mass is 9.85. The second kappa shape index (κ2) is 4.75. The Balaban J connectivity index is 2.22. The van der Waals surface area contributed by atoms with Gasteiger partial charge in [-0.1, -0.05) is 39.3 Å². The van der Waals surface area contributed by atoms with Crippen LogP contribution in [0.4, 0.5) is 0 Å². The molecule has 0 amide bonds. The van der Waals surface area contributed by atoms with E-state index in [4.69, 9.17) is 0 Å². The van der Waals surface area contributed by atoms with Crippen molar-refractivity contribution in [3.05, 3.63) is 28.5 Å². The third-order valence-corrected chi connectivity index (χ3v) is 4.18. The molecule has 1 heteroatoms. The number of rotatable bonds is 5. The molecule has 0 atom stereocenters. The molecule has 0 nitrogen and oxygen atoms in total. The lowest BCUT2D eigenvalue weighted by molar-refractivity contribution is 0.432. The van der Waals surface area contributed by atoms with Gasteiger partial charge >= 0.3 is 0 Å². The highest BCUT2D eigenvalue weighted by Gasteiger charge is 2.29. The molecule has 0 spiro atoms. The minimum Gasteiger partial charge on any atom is -0.144 e. The maximum atomic E-state index is 2.54. The molecule has 0 unspecified atom stereocenters. The van der Waals surface area contributed by atoms with Crippen molar-refractivity contribution in [2.75, 3.05) is 0 Å². The van der Waals surface area contributed by atoms with Gasteiger partial charge in [-0.15, -0.1) is 11.3 Å². The zero-order chi connectivity index (χ0) is 11.6. The van der Waals surface area contributed by atoms with Gasteiger partial charge < -0.3 is 0 Å². The zero-order valence-corrected chi connectivity index (χ0v) is 11.4. The van der Waals surface area contributed by atoms with Gasteiger partial charge in [-0.2, -0.15) is 0 Å². The Morgan fingerprint density at radius 2 is 2.25 bits per heavy atom. The van der Waals surface area contributed by atoms with E-state index < -0.39 is 0 Å². The Kier molecular flexibility index (Phi) is 3.53. The van der Waals surface area contributed by atoms with Crippen molar-refractivity contribution in [1.82, 2.24) is 0 Å². The molecule has 1 saturated carbocycles. The van der Waals surface area contributed by atoms with E-state index in [0.717, 1.165) is 5.92 Å². The average molecular weight is 234 g/mol. The van der Waals surface area contributed by atoms with Crippen LogP contribution in [0.2, 0.25) is 0 Å². The van der Waals surface area contributed by atoms with Crippen LogP contribution in [-0.2, 0) is 0 Å². The molecule has 0 aromatic carbocycles. The van der Waals surface area contributed by atoms with Gasteiger partial charge in [0.2, 0.25) is 0 Å². The largest absolute Gasteiger partial charge is 0.144 e. The first-order valence-electron chi connectivity index (χ1n) is 6.39. The molecule has 0 bridgehead atoms. The van der Waals surface area contributed by atoms with Gasteiger partial charge in [0.25, 0.3) is 0 Å². The molecular formula is C15H22S. The van der Waals surface area contributed by atoms with Crippen molar-refractivity contribution >= 4 is 16.9 Å². The molecule has 1 aliphatic rings. The summed E-state index contributed by atoms with van der Waals surface area (Å²) in [5.74, 6) is 0.856. The second-order valence-electron chi connectivity index (χ2n) is 5.59. The monoisotopic (exact) mass is 234 g/mol. The summed E-state index contributed by atoms with van der Waals surface area (Å²) >= 11 is 1.89. The molecule has 1 aromatic rings. The lowest BCUT2D eigenvalue weighted by Gasteiger charge is -2.21. The van der Waals surface area contributed by atoms with Crippen LogP contribution in [0.25, 0.3) is 5.57 Å². The minimum absolute atomic E-state index is 0.358. The Bertz CT molecular complexity index is 353. The first kappa shape index (κ1) is 11.9. The summed E-state index contributed by atoms with van der Waals surface area (Å²) in [6.45, 7) is 7.01. The van der Waals surface area contributed by atoms with Crippen molar-refractivity contribution in [1.29, 1.82) is 0 Å². The van der Waals surface area contributed by atoms with Gasteiger partial charge in [0, 0.05) is 4.88 Å². The molecule has 0 radical (unpaired) electrons. The van der Waals surface area contributed by atoms with Crippen LogP contribution in [0, 0.1) is 11.3 Å². The number of hydrogen-bond donors (Lipinski definition) is 0. The third-order valence-electron chi connectivity index (χ3n) is 3.26. The summed E-state index contributed by atoms with van der Waals surface area (Å²) in [5.41, 5.74) is 1.98. The van der Waals surface area contributed by atoms with Crippen LogP contribution in [0.3, 0.4) is 0 Å². The van der Waals surface area contributed by atoms with Gasteiger partial charge in [0.1, 0.15) is 0 Å². The van der Waals surface area contributed by atoms with Gasteiger partial charge in [-0.25, -0.2) is 0 Å². The Morgan fingerprint density at radius 3 is 2.75 bits per heavy atom. The lowest BCUT2D eigenvalue weighted by Crippen LogP contribution is -2.08. The number of allylic oxidation sites excluding steroid dienone is 2. The van der Waals surface area contributed by atoms with Crippen molar-refractivity contribution in [2.45, 2.75) is 46.5 Å². The Morgan fingerprint density at radius 1 is 1.50 bits per heavy atom. The maximum Gasteiger partial charge on any atom is 0.0302 e. The molecule has 16 heavy (non-hydrogen) atoms. The van der Waals surface area contributed by atoms with E-state index in [1.165, 1.54) is 30.6 Å². The minimum atomic E-state index is 0.358. The van der Waals surface area contributed by atoms with Gasteiger partial charge in [0.15, 0.2) is 0 Å². The summed E-state index contributed by atoms with van der Waals surface area (Å²) in [5, 5.41) is 2.19. The first-order chi connectivity index (χ1) is 7.62. The summed E-state index contributed by atoms with van der Waals surface area (Å²) in [4.78, 5) is 1.49. The Labute approximate surface area is 103 Å². The summed E-state index contributed by atoms with van der Waals surface area (Å²) in [6.07, 6.45) is 7.89. The summed E-state index contributed by atoms with van der Waals surface area (Å²) in [7, 11) is 0. The van der Waals surface area contributed by atoms with E-state index in [1.807, 2.05) is 11.3 Å². The summed E-state index contributed by atoms with van der Waals surface area (Å²) in [6, 6.07) is 4.44. The molecular weight excluding hydrogens is 212 g/mol. The van der Waals surface area contributed by atoms with E-state index in [1.54, 1.807) is 5.57 Å². The first-order valence-corrected chi connectivity index (χ1v) is 7.27. The standard InChI is InChI=1S/C15H22S/c1-4-9-15(2,3)11-13(12-7-8-12)14-6-5-10-16-14/h5-6,10-12H,4,7-9H2,1-3H3/b13-11+. The quantitative estimate of drug-likeness (QED) is 0.642. The highest BCUT2D eigenvalue weighted by atomic mass is 32.1. The van der Waals surface area contributed by atoms with E-state index >= 15 is 0 Å². The predicted molar refractivity (Wildman–Crippen MR) is 73.7 cm³/mol. The molecule has 2 rings (SSSR count). The van der Waals surface area contributed by atoms with Crippen LogP contribution < -0.4 is 0 Å². The van der Waals surface area contributed by atoms with Crippen LogP contribution in [-0.4, -0.2) is 0 Å². The zero-order valence-electron chi connectivity index (χ0n) is 10.6. The van der Waals surface area contributed by atoms with Gasteiger partial charge in [0.05, 0.1) is 0 Å². The highest BCUT2D eigenvalue weighted by molar-refractivity contribution is 7.11. The fourth-order valence-electron chi connectivity index (χ4n) is 2.36. The van der Waals surface area contributed by atoms with Crippen LogP contribution in [0.5, 0.6) is 0 Å². The molecule has 0 aliphatic heterocycles. The van der Waals surface area contributed by atoms with E-state index in [9.17, 15) is 0 Å². The normalized spacial score (nSPS) is 17.8. The van der Waals surface area contributed by atoms with Crippen LogP contribution >= 0.6 is 11.3 Å². The second-order valence-corrected chi connectivity index (χ2v) is 6.54. The molecule has 1 fully saturated rings. The molecule has 0 saturated heterocycles. The van der Waals surface area contributed by atoms with Crippen molar-refractivity contribution in [2.24, 2.45) is 11.3 Å². The highest BCUT2D eigenvalue weighted by Crippen LogP contribution is 2.45. The van der Waals surface area contributed by atoms with Crippen molar-refractivity contribution < 1.29 is 0 Å². The average Bonchev–Trinajstić information content (AvgIpc) is 2.90. The molecule has 0 N–H and O–H groups in total. The van der Waals surface area contributed by atoms with Crippen LogP contribution in [0.1, 0.15) is 51.3 Å². The number of thiophene rings is 1. The van der Waals surface area contributed by atoms with Crippen molar-refractivity contribution in [3.8, 4) is 0 Å². The Hall–Kier alpha value is -0.560. The number of hydrogen-bond acceptors (Lipinski definition) is 1. The van der Waals surface area contributed by atoms with Gasteiger partial charge in [-0.3, -0.25) is 0 Å². The molecule has 1 aromatic heterocycles. The molecule has 1 heterocycles. The van der Waals surface area contributed by atoms with E-state index in [0.29, 0.717) is 5.41 Å². The van der Waals surface area contributed by atoms with Crippen LogP contribution in [0.15, 0.2) is 23.6 Å². The SMILES string of the molecule is CCCC(C)(C)/C=C(/c1cccs1)C1CC1.